The maximum absolute atomic E-state index is 4.68. The standard InChI is InChI=1S/C22H34N6/c1-7-13-19(14(8-2)24-23-13)22(20-15(9-3)25-26-16(20)10-4)21-17(11-5)27-28-18(21)12-6/h22H,7-12H2,1-6H3,(H,23,24)(H,25,26)(H,27,28). The number of aryl methyl sites for hydroxylation is 6. The quantitative estimate of drug-likeness (QED) is 0.512. The van der Waals surface area contributed by atoms with Crippen LogP contribution >= 0.6 is 0 Å². The van der Waals surface area contributed by atoms with Gasteiger partial charge in [-0.2, -0.15) is 15.3 Å². The largest absolute Gasteiger partial charge is 0.282 e. The van der Waals surface area contributed by atoms with E-state index in [1.165, 1.54) is 33.8 Å². The van der Waals surface area contributed by atoms with Crippen molar-refractivity contribution in [2.24, 2.45) is 0 Å². The number of hydrogen-bond acceptors (Lipinski definition) is 3. The van der Waals surface area contributed by atoms with Gasteiger partial charge in [-0.1, -0.05) is 41.5 Å². The molecule has 3 N–H and O–H groups in total. The lowest BCUT2D eigenvalue weighted by molar-refractivity contribution is 0.841. The highest BCUT2D eigenvalue weighted by Gasteiger charge is 2.33. The summed E-state index contributed by atoms with van der Waals surface area (Å²) in [5.41, 5.74) is 11.1. The molecule has 28 heavy (non-hydrogen) atoms. The maximum atomic E-state index is 4.68. The third-order valence-corrected chi connectivity index (χ3v) is 5.82. The van der Waals surface area contributed by atoms with Gasteiger partial charge < -0.3 is 0 Å². The molecule has 152 valence electrons. The molecule has 0 atom stereocenters. The zero-order valence-electron chi connectivity index (χ0n) is 18.2. The Morgan fingerprint density at radius 2 is 0.786 bits per heavy atom. The fourth-order valence-corrected chi connectivity index (χ4v) is 4.36. The Morgan fingerprint density at radius 1 is 0.500 bits per heavy atom. The van der Waals surface area contributed by atoms with Crippen LogP contribution in [0.4, 0.5) is 0 Å². The van der Waals surface area contributed by atoms with E-state index in [-0.39, 0.29) is 5.92 Å². The second-order valence-corrected chi connectivity index (χ2v) is 7.24. The second kappa shape index (κ2) is 8.76. The van der Waals surface area contributed by atoms with Crippen LogP contribution in [0.1, 0.15) is 98.3 Å². The number of hydrogen-bond donors (Lipinski definition) is 3. The van der Waals surface area contributed by atoms with Gasteiger partial charge in [0.05, 0.1) is 17.1 Å². The van der Waals surface area contributed by atoms with Crippen molar-refractivity contribution in [2.45, 2.75) is 86.0 Å². The number of nitrogens with one attached hydrogen (secondary N) is 3. The van der Waals surface area contributed by atoms with Gasteiger partial charge in [0, 0.05) is 39.7 Å². The third kappa shape index (κ3) is 3.29. The van der Waals surface area contributed by atoms with Crippen molar-refractivity contribution in [3.63, 3.8) is 0 Å². The van der Waals surface area contributed by atoms with Gasteiger partial charge in [-0.3, -0.25) is 15.3 Å². The van der Waals surface area contributed by atoms with Crippen LogP contribution in [0.15, 0.2) is 0 Å². The van der Waals surface area contributed by atoms with E-state index in [0.29, 0.717) is 0 Å². The maximum Gasteiger partial charge on any atom is 0.0663 e. The van der Waals surface area contributed by atoms with Crippen molar-refractivity contribution in [1.82, 2.24) is 30.6 Å². The molecule has 0 spiro atoms. The Balaban J connectivity index is 2.39. The van der Waals surface area contributed by atoms with Crippen LogP contribution in [0, 0.1) is 0 Å². The van der Waals surface area contributed by atoms with E-state index in [2.05, 4.69) is 72.1 Å². The average molecular weight is 383 g/mol. The number of nitrogens with zero attached hydrogens (tertiary/aromatic N) is 3. The van der Waals surface area contributed by atoms with Crippen LogP contribution in [-0.2, 0) is 38.5 Å². The minimum absolute atomic E-state index is 0.107. The van der Waals surface area contributed by atoms with Gasteiger partial charge in [0.1, 0.15) is 0 Å². The molecule has 6 nitrogen and oxygen atoms in total. The molecule has 0 saturated carbocycles. The van der Waals surface area contributed by atoms with E-state index < -0.39 is 0 Å². The molecule has 0 aliphatic heterocycles. The van der Waals surface area contributed by atoms with E-state index in [4.69, 9.17) is 0 Å². The second-order valence-electron chi connectivity index (χ2n) is 7.24. The van der Waals surface area contributed by atoms with Crippen molar-refractivity contribution >= 4 is 0 Å². The first-order valence-electron chi connectivity index (χ1n) is 10.8. The van der Waals surface area contributed by atoms with Crippen molar-refractivity contribution in [3.05, 3.63) is 50.9 Å². The lowest BCUT2D eigenvalue weighted by atomic mass is 9.79. The van der Waals surface area contributed by atoms with Gasteiger partial charge in [-0.15, -0.1) is 0 Å². The van der Waals surface area contributed by atoms with E-state index in [1.54, 1.807) is 0 Å². The summed E-state index contributed by atoms with van der Waals surface area (Å²) in [4.78, 5) is 0. The topological polar surface area (TPSA) is 86.0 Å². The Labute approximate surface area is 167 Å². The zero-order chi connectivity index (χ0) is 20.3. The molecule has 0 aromatic carbocycles. The highest BCUT2D eigenvalue weighted by atomic mass is 15.1. The predicted molar refractivity (Wildman–Crippen MR) is 113 cm³/mol. The van der Waals surface area contributed by atoms with Crippen molar-refractivity contribution in [3.8, 4) is 0 Å². The molecule has 0 saturated heterocycles. The molecule has 0 amide bonds. The van der Waals surface area contributed by atoms with E-state index in [0.717, 1.165) is 55.6 Å². The zero-order valence-corrected chi connectivity index (χ0v) is 18.2. The van der Waals surface area contributed by atoms with E-state index in [9.17, 15) is 0 Å². The van der Waals surface area contributed by atoms with Crippen molar-refractivity contribution < 1.29 is 0 Å². The molecule has 0 unspecified atom stereocenters. The Hall–Kier alpha value is -2.37. The minimum atomic E-state index is 0.107. The number of rotatable bonds is 9. The molecule has 3 heterocycles. The summed E-state index contributed by atoms with van der Waals surface area (Å²) >= 11 is 0. The monoisotopic (exact) mass is 382 g/mol. The molecule has 0 aliphatic carbocycles. The molecule has 6 heteroatoms. The summed E-state index contributed by atoms with van der Waals surface area (Å²) in [6, 6.07) is 0. The smallest absolute Gasteiger partial charge is 0.0663 e. The van der Waals surface area contributed by atoms with Gasteiger partial charge in [-0.05, 0) is 38.5 Å². The summed E-state index contributed by atoms with van der Waals surface area (Å²) in [7, 11) is 0. The SMILES string of the molecule is CCc1n[nH]c(CC)c1C(c1c(CC)n[nH]c1CC)c1c(CC)n[nH]c1CC. The first-order chi connectivity index (χ1) is 13.6. The Morgan fingerprint density at radius 3 is 1.00 bits per heavy atom. The fraction of sp³-hybridized carbons (Fsp3) is 0.591. The third-order valence-electron chi connectivity index (χ3n) is 5.82. The summed E-state index contributed by atoms with van der Waals surface area (Å²) in [6.07, 6.45) is 5.51. The molecule has 3 aromatic rings. The van der Waals surface area contributed by atoms with Gasteiger partial charge >= 0.3 is 0 Å². The summed E-state index contributed by atoms with van der Waals surface area (Å²) in [6.45, 7) is 13.1. The fourth-order valence-electron chi connectivity index (χ4n) is 4.36. The van der Waals surface area contributed by atoms with Gasteiger partial charge in [0.25, 0.3) is 0 Å². The molecular formula is C22H34N6. The van der Waals surface area contributed by atoms with E-state index >= 15 is 0 Å². The number of aromatic amines is 3. The van der Waals surface area contributed by atoms with Crippen LogP contribution in [0.2, 0.25) is 0 Å². The number of aromatic nitrogens is 6. The van der Waals surface area contributed by atoms with Crippen molar-refractivity contribution in [2.75, 3.05) is 0 Å². The minimum Gasteiger partial charge on any atom is -0.282 e. The molecule has 3 rings (SSSR count). The molecule has 0 fully saturated rings. The normalized spacial score (nSPS) is 11.7. The van der Waals surface area contributed by atoms with Gasteiger partial charge in [0.15, 0.2) is 0 Å². The highest BCUT2D eigenvalue weighted by molar-refractivity contribution is 5.52. The predicted octanol–water partition coefficient (Wildman–Crippen LogP) is 4.41. The lowest BCUT2D eigenvalue weighted by Gasteiger charge is -2.22. The van der Waals surface area contributed by atoms with Crippen LogP contribution in [0.5, 0.6) is 0 Å². The molecular weight excluding hydrogens is 348 g/mol. The number of H-pyrrole nitrogens is 3. The first kappa shape index (κ1) is 20.4. The molecule has 3 aromatic heterocycles. The van der Waals surface area contributed by atoms with Crippen LogP contribution < -0.4 is 0 Å². The summed E-state index contributed by atoms with van der Waals surface area (Å²) < 4.78 is 0. The van der Waals surface area contributed by atoms with Crippen LogP contribution in [-0.4, -0.2) is 30.6 Å². The Bertz CT molecular complexity index is 730. The first-order valence-corrected chi connectivity index (χ1v) is 10.8. The van der Waals surface area contributed by atoms with E-state index in [1.807, 2.05) is 0 Å². The lowest BCUT2D eigenvalue weighted by Crippen LogP contribution is -2.14. The Kier molecular flexibility index (Phi) is 6.37. The van der Waals surface area contributed by atoms with Gasteiger partial charge in [0.2, 0.25) is 0 Å². The molecule has 0 bridgehead atoms. The highest BCUT2D eigenvalue weighted by Crippen LogP contribution is 2.41. The van der Waals surface area contributed by atoms with Crippen LogP contribution in [0.3, 0.4) is 0 Å². The average Bonchev–Trinajstić information content (AvgIpc) is 3.44. The van der Waals surface area contributed by atoms with Gasteiger partial charge in [-0.25, -0.2) is 0 Å². The van der Waals surface area contributed by atoms with Crippen molar-refractivity contribution in [1.29, 1.82) is 0 Å². The summed E-state index contributed by atoms with van der Waals surface area (Å²) in [5.74, 6) is 0.107. The molecule has 0 radical (unpaired) electrons. The molecule has 0 aliphatic rings. The summed E-state index contributed by atoms with van der Waals surface area (Å²) in [5, 5.41) is 24.0. The van der Waals surface area contributed by atoms with Crippen LogP contribution in [0.25, 0.3) is 0 Å².